The molecule has 12 heteroatoms. The first kappa shape index (κ1) is 27.7. The van der Waals surface area contributed by atoms with Crippen LogP contribution in [0.15, 0.2) is 41.5 Å². The van der Waals surface area contributed by atoms with Crippen LogP contribution in [0.25, 0.3) is 5.69 Å². The molecule has 0 saturated carbocycles. The zero-order valence-corrected chi connectivity index (χ0v) is 24.4. The van der Waals surface area contributed by atoms with E-state index < -0.39 is 6.04 Å². The fraction of sp³-hybridized carbons (Fsp3) is 0.321. The van der Waals surface area contributed by atoms with Crippen molar-refractivity contribution in [3.63, 3.8) is 0 Å². The van der Waals surface area contributed by atoms with Gasteiger partial charge in [0.25, 0.3) is 5.56 Å². The third-order valence-electron chi connectivity index (χ3n) is 6.94. The van der Waals surface area contributed by atoms with Gasteiger partial charge in [0.15, 0.2) is 0 Å². The highest BCUT2D eigenvalue weighted by Crippen LogP contribution is 2.44. The van der Waals surface area contributed by atoms with Crippen LogP contribution in [0.1, 0.15) is 53.9 Å². The van der Waals surface area contributed by atoms with Crippen LogP contribution in [0.2, 0.25) is 10.0 Å². The number of rotatable bonds is 6. The summed E-state index contributed by atoms with van der Waals surface area (Å²) in [5.74, 6) is -0.0840. The van der Waals surface area contributed by atoms with E-state index in [0.29, 0.717) is 21.4 Å². The molecule has 1 aliphatic rings. The molecule has 1 aromatic carbocycles. The lowest BCUT2D eigenvalue weighted by Crippen LogP contribution is -2.44. The molecule has 208 valence electrons. The van der Waals surface area contributed by atoms with Gasteiger partial charge in [-0.1, -0.05) is 43.1 Å². The zero-order chi connectivity index (χ0) is 28.9. The van der Waals surface area contributed by atoms with Crippen molar-refractivity contribution in [1.29, 1.82) is 0 Å². The predicted octanol–water partition coefficient (Wildman–Crippen LogP) is 4.80. The second-order valence-corrected chi connectivity index (χ2v) is 10.7. The Morgan fingerprint density at radius 3 is 2.45 bits per heavy atom. The first-order valence-corrected chi connectivity index (χ1v) is 13.3. The minimum atomic E-state index is -0.684. The topological polar surface area (TPSA) is 104 Å². The van der Waals surface area contributed by atoms with Crippen molar-refractivity contribution in [2.45, 2.75) is 39.2 Å². The Balaban J connectivity index is 1.85. The third-order valence-corrected chi connectivity index (χ3v) is 7.38. The van der Waals surface area contributed by atoms with Crippen molar-refractivity contribution in [3.8, 4) is 17.6 Å². The van der Waals surface area contributed by atoms with E-state index in [9.17, 15) is 9.59 Å². The molecule has 0 saturated heterocycles. The van der Waals surface area contributed by atoms with Gasteiger partial charge >= 0.3 is 6.01 Å². The predicted molar refractivity (Wildman–Crippen MR) is 152 cm³/mol. The lowest BCUT2D eigenvalue weighted by molar-refractivity contribution is -0.118. The number of ether oxygens (including phenoxy) is 2. The minimum Gasteiger partial charge on any atom is -0.479 e. The summed E-state index contributed by atoms with van der Waals surface area (Å²) < 4.78 is 13.8. The van der Waals surface area contributed by atoms with E-state index in [1.54, 1.807) is 24.0 Å². The smallest absolute Gasteiger partial charge is 0.319 e. The van der Waals surface area contributed by atoms with E-state index in [2.05, 4.69) is 9.97 Å². The number of hydrogen-bond donors (Lipinski definition) is 0. The standard InChI is InChI=1S/C28H28Cl2N6O4/c1-14(2)24-23-19(33-36(24)21-12-31-28(40-6)32-26(21)39-5)11-22(37)35(20-10-17(30)13-34(4)27(20)38)25(23)18-8-7-16(29)9-15(18)3/h7-10,12-14,25H,11H2,1-6H3. The van der Waals surface area contributed by atoms with E-state index in [1.807, 2.05) is 32.9 Å². The van der Waals surface area contributed by atoms with Gasteiger partial charge in [0, 0.05) is 23.8 Å². The van der Waals surface area contributed by atoms with Gasteiger partial charge < -0.3 is 14.0 Å². The van der Waals surface area contributed by atoms with Crippen LogP contribution in [-0.2, 0) is 18.3 Å². The van der Waals surface area contributed by atoms with Crippen LogP contribution in [-0.4, -0.2) is 44.4 Å². The molecule has 4 aromatic rings. The lowest BCUT2D eigenvalue weighted by Gasteiger charge is -2.37. The fourth-order valence-corrected chi connectivity index (χ4v) is 5.71. The van der Waals surface area contributed by atoms with Gasteiger partial charge in [-0.15, -0.1) is 0 Å². The number of hydrogen-bond acceptors (Lipinski definition) is 7. The Bertz CT molecular complexity index is 1700. The lowest BCUT2D eigenvalue weighted by atomic mass is 9.85. The Labute approximate surface area is 241 Å². The van der Waals surface area contributed by atoms with E-state index in [0.717, 1.165) is 22.4 Å². The van der Waals surface area contributed by atoms with E-state index >= 15 is 0 Å². The fourth-order valence-electron chi connectivity index (χ4n) is 5.24. The summed E-state index contributed by atoms with van der Waals surface area (Å²) in [6, 6.07) is 6.49. The second kappa shape index (κ2) is 10.6. The van der Waals surface area contributed by atoms with Crippen LogP contribution in [0.5, 0.6) is 11.9 Å². The average Bonchev–Trinajstić information content (AvgIpc) is 3.29. The molecule has 3 aromatic heterocycles. The first-order chi connectivity index (χ1) is 19.0. The number of nitrogens with zero attached hydrogens (tertiary/aromatic N) is 6. The molecule has 0 fully saturated rings. The molecule has 1 aliphatic heterocycles. The van der Waals surface area contributed by atoms with Crippen molar-refractivity contribution in [3.05, 3.63) is 85.1 Å². The largest absolute Gasteiger partial charge is 0.479 e. The third kappa shape index (κ3) is 4.61. The van der Waals surface area contributed by atoms with Gasteiger partial charge in [0.05, 0.1) is 49.3 Å². The molecule has 1 unspecified atom stereocenters. The number of carbonyl (C=O) groups is 1. The van der Waals surface area contributed by atoms with Crippen molar-refractivity contribution < 1.29 is 14.3 Å². The number of fused-ring (bicyclic) bond motifs is 1. The van der Waals surface area contributed by atoms with Crippen molar-refractivity contribution >= 4 is 34.8 Å². The number of amides is 1. The average molecular weight is 583 g/mol. The summed E-state index contributed by atoms with van der Waals surface area (Å²) >= 11 is 12.7. The molecular formula is C28H28Cl2N6O4. The summed E-state index contributed by atoms with van der Waals surface area (Å²) in [6.45, 7) is 6.00. The normalized spacial score (nSPS) is 15.0. The second-order valence-electron chi connectivity index (χ2n) is 9.87. The molecule has 1 amide bonds. The molecule has 4 heterocycles. The maximum atomic E-state index is 13.9. The Morgan fingerprint density at radius 2 is 1.80 bits per heavy atom. The van der Waals surface area contributed by atoms with Gasteiger partial charge in [-0.25, -0.2) is 9.67 Å². The number of halogens is 2. The Kier molecular flexibility index (Phi) is 7.32. The number of benzene rings is 1. The zero-order valence-electron chi connectivity index (χ0n) is 22.9. The van der Waals surface area contributed by atoms with Crippen molar-refractivity contribution in [2.24, 2.45) is 7.05 Å². The molecule has 0 radical (unpaired) electrons. The van der Waals surface area contributed by atoms with E-state index in [1.165, 1.54) is 35.9 Å². The summed E-state index contributed by atoms with van der Waals surface area (Å²) in [5.41, 5.74) is 4.19. The monoisotopic (exact) mass is 582 g/mol. The quantitative estimate of drug-likeness (QED) is 0.321. The summed E-state index contributed by atoms with van der Waals surface area (Å²) in [4.78, 5) is 37.5. The molecule has 0 bridgehead atoms. The molecule has 0 N–H and O–H groups in total. The van der Waals surface area contributed by atoms with Crippen LogP contribution >= 0.6 is 23.2 Å². The highest BCUT2D eigenvalue weighted by molar-refractivity contribution is 6.31. The van der Waals surface area contributed by atoms with Gasteiger partial charge in [0.1, 0.15) is 11.4 Å². The van der Waals surface area contributed by atoms with Crippen molar-refractivity contribution in [1.82, 2.24) is 24.3 Å². The minimum absolute atomic E-state index is 0.0276. The van der Waals surface area contributed by atoms with Crippen LogP contribution in [0.4, 0.5) is 5.69 Å². The van der Waals surface area contributed by atoms with Crippen LogP contribution < -0.4 is 19.9 Å². The van der Waals surface area contributed by atoms with Gasteiger partial charge in [0.2, 0.25) is 11.8 Å². The number of pyridine rings is 1. The highest BCUT2D eigenvalue weighted by atomic mass is 35.5. The number of methoxy groups -OCH3 is 2. The Morgan fingerprint density at radius 1 is 1.05 bits per heavy atom. The maximum Gasteiger partial charge on any atom is 0.319 e. The number of anilines is 1. The van der Waals surface area contributed by atoms with Crippen molar-refractivity contribution in [2.75, 3.05) is 19.1 Å². The van der Waals surface area contributed by atoms with Gasteiger partial charge in [-0.05, 0) is 42.2 Å². The van der Waals surface area contributed by atoms with E-state index in [4.69, 9.17) is 37.8 Å². The highest BCUT2D eigenvalue weighted by Gasteiger charge is 2.42. The Hall–Kier alpha value is -3.89. The molecule has 0 spiro atoms. The molecule has 5 rings (SSSR count). The first-order valence-electron chi connectivity index (χ1n) is 12.6. The van der Waals surface area contributed by atoms with E-state index in [-0.39, 0.29) is 41.4 Å². The SMILES string of the molecule is COc1ncc(-n2nc3c(c2C(C)C)C(c2ccc(Cl)cc2C)N(c2cc(Cl)cn(C)c2=O)C(=O)C3)c(OC)n1. The van der Waals surface area contributed by atoms with Crippen LogP contribution in [0.3, 0.4) is 0 Å². The molecule has 1 atom stereocenters. The maximum absolute atomic E-state index is 13.9. The number of carbonyl (C=O) groups excluding carboxylic acids is 1. The molecular weight excluding hydrogens is 555 g/mol. The number of aryl methyl sites for hydroxylation is 2. The number of aromatic nitrogens is 5. The van der Waals surface area contributed by atoms with Gasteiger partial charge in [-0.3, -0.25) is 14.5 Å². The molecule has 0 aliphatic carbocycles. The summed E-state index contributed by atoms with van der Waals surface area (Å²) in [6.07, 6.45) is 3.06. The molecule has 10 nitrogen and oxygen atoms in total. The van der Waals surface area contributed by atoms with Crippen LogP contribution in [0, 0.1) is 6.92 Å². The molecule has 40 heavy (non-hydrogen) atoms. The summed E-state index contributed by atoms with van der Waals surface area (Å²) in [7, 11) is 4.58. The summed E-state index contributed by atoms with van der Waals surface area (Å²) in [5, 5.41) is 5.80. The van der Waals surface area contributed by atoms with Gasteiger partial charge in [-0.2, -0.15) is 10.1 Å².